The predicted molar refractivity (Wildman–Crippen MR) is 145 cm³/mol. The third-order valence-corrected chi connectivity index (χ3v) is 6.87. The van der Waals surface area contributed by atoms with Crippen LogP contribution in [0.3, 0.4) is 0 Å². The van der Waals surface area contributed by atoms with E-state index >= 15 is 0 Å². The predicted octanol–water partition coefficient (Wildman–Crippen LogP) is 6.58. The van der Waals surface area contributed by atoms with Crippen molar-refractivity contribution in [3.05, 3.63) is 144 Å². The van der Waals surface area contributed by atoms with Gasteiger partial charge in [0, 0.05) is 19.1 Å². The fourth-order valence-corrected chi connectivity index (χ4v) is 5.16. The molecule has 178 valence electrons. The minimum absolute atomic E-state index is 0.110. The molecule has 4 aromatic carbocycles. The van der Waals surface area contributed by atoms with Crippen molar-refractivity contribution in [2.24, 2.45) is 4.99 Å². The maximum absolute atomic E-state index is 9.83. The topological polar surface area (TPSA) is 42.6 Å². The van der Waals surface area contributed by atoms with Gasteiger partial charge in [-0.3, -0.25) is 0 Å². The summed E-state index contributed by atoms with van der Waals surface area (Å²) in [6, 6.07) is 42.5. The Morgan fingerprint density at radius 2 is 1.11 bits per heavy atom. The monoisotopic (exact) mass is 470 g/mol. The van der Waals surface area contributed by atoms with E-state index in [0.717, 1.165) is 18.8 Å². The second-order valence-electron chi connectivity index (χ2n) is 9.24. The van der Waals surface area contributed by atoms with Crippen LogP contribution in [0.15, 0.2) is 126 Å². The molecule has 0 radical (unpaired) electrons. The molecule has 4 aromatic rings. The molecule has 2 atom stereocenters. The van der Waals surface area contributed by atoms with E-state index in [9.17, 15) is 5.26 Å². The Labute approximate surface area is 213 Å². The van der Waals surface area contributed by atoms with Crippen LogP contribution in [0.4, 0.5) is 0 Å². The summed E-state index contributed by atoms with van der Waals surface area (Å²) in [4.78, 5) is 9.14. The molecule has 0 spiro atoms. The smallest absolute Gasteiger partial charge is 0.213 e. The van der Waals surface area contributed by atoms with Gasteiger partial charge in [-0.1, -0.05) is 121 Å². The number of hydrogen-bond acceptors (Lipinski definition) is 2. The molecule has 1 aliphatic rings. The van der Waals surface area contributed by atoms with E-state index in [1.54, 1.807) is 0 Å². The first-order valence-corrected chi connectivity index (χ1v) is 12.5. The highest BCUT2D eigenvalue weighted by molar-refractivity contribution is 5.83. The Kier molecular flexibility index (Phi) is 7.39. The Bertz CT molecular complexity index is 1300. The molecule has 5 rings (SSSR count). The van der Waals surface area contributed by atoms with Crippen LogP contribution in [0.1, 0.15) is 34.7 Å². The minimum Gasteiger partial charge on any atom is -0.334 e. The largest absolute Gasteiger partial charge is 0.334 e. The molecule has 0 aromatic heterocycles. The Balaban J connectivity index is 1.59. The molecule has 1 saturated heterocycles. The van der Waals surface area contributed by atoms with E-state index in [1.165, 1.54) is 22.3 Å². The lowest BCUT2D eigenvalue weighted by Crippen LogP contribution is -2.56. The molecule has 1 heterocycles. The van der Waals surface area contributed by atoms with E-state index in [1.807, 2.05) is 12.1 Å². The normalized spacial score (nSPS) is 18.7. The highest BCUT2D eigenvalue weighted by Gasteiger charge is 2.39. The molecule has 1 aliphatic heterocycles. The standard InChI is InChI=1S/C32H30N4/c33-25-34-32-35(23-27-15-7-2-8-16-27)30(21-26-13-5-1-6-14-26)22-31(29-19-11-4-12-20-29)36(32)24-28-17-9-3-10-18-28/h1-20,30-31H,21-24H2. The van der Waals surface area contributed by atoms with Crippen LogP contribution in [0.25, 0.3) is 0 Å². The van der Waals surface area contributed by atoms with Crippen molar-refractivity contribution < 1.29 is 0 Å². The summed E-state index contributed by atoms with van der Waals surface area (Å²) < 4.78 is 0. The molecule has 0 bridgehead atoms. The molecule has 0 aliphatic carbocycles. The van der Waals surface area contributed by atoms with Crippen LogP contribution in [0.5, 0.6) is 0 Å². The van der Waals surface area contributed by atoms with Gasteiger partial charge in [-0.2, -0.15) is 5.26 Å². The Hall–Kier alpha value is -4.36. The summed E-state index contributed by atoms with van der Waals surface area (Å²) in [5.41, 5.74) is 4.95. The van der Waals surface area contributed by atoms with E-state index < -0.39 is 0 Å². The molecular weight excluding hydrogens is 440 g/mol. The van der Waals surface area contributed by atoms with Crippen molar-refractivity contribution in [3.8, 4) is 6.19 Å². The van der Waals surface area contributed by atoms with Crippen LogP contribution in [0, 0.1) is 11.5 Å². The van der Waals surface area contributed by atoms with E-state index in [-0.39, 0.29) is 12.1 Å². The van der Waals surface area contributed by atoms with Gasteiger partial charge in [-0.15, -0.1) is 4.99 Å². The van der Waals surface area contributed by atoms with Crippen LogP contribution in [-0.4, -0.2) is 21.8 Å². The summed E-state index contributed by atoms with van der Waals surface area (Å²) in [6.07, 6.45) is 3.95. The van der Waals surface area contributed by atoms with Crippen molar-refractivity contribution in [1.29, 1.82) is 5.26 Å². The zero-order valence-electron chi connectivity index (χ0n) is 20.3. The third kappa shape index (κ3) is 5.47. The van der Waals surface area contributed by atoms with E-state index in [2.05, 4.69) is 130 Å². The summed E-state index contributed by atoms with van der Waals surface area (Å²) in [5.74, 6) is 0.742. The summed E-state index contributed by atoms with van der Waals surface area (Å²) >= 11 is 0. The molecule has 0 saturated carbocycles. The van der Waals surface area contributed by atoms with Crippen molar-refractivity contribution in [2.45, 2.75) is 38.0 Å². The lowest BCUT2D eigenvalue weighted by atomic mass is 9.90. The molecular formula is C32H30N4. The van der Waals surface area contributed by atoms with Crippen LogP contribution in [0.2, 0.25) is 0 Å². The van der Waals surface area contributed by atoms with Gasteiger partial charge in [0.05, 0.1) is 6.04 Å². The molecule has 1 fully saturated rings. The molecule has 0 amide bonds. The number of aliphatic imine (C=N–C) groups is 1. The molecule has 4 heteroatoms. The molecule has 36 heavy (non-hydrogen) atoms. The third-order valence-electron chi connectivity index (χ3n) is 6.87. The lowest BCUT2D eigenvalue weighted by molar-refractivity contribution is 0.127. The average molecular weight is 471 g/mol. The second kappa shape index (κ2) is 11.4. The van der Waals surface area contributed by atoms with Gasteiger partial charge in [0.1, 0.15) is 0 Å². The molecule has 2 unspecified atom stereocenters. The molecule has 0 N–H and O–H groups in total. The fourth-order valence-electron chi connectivity index (χ4n) is 5.16. The summed E-state index contributed by atoms with van der Waals surface area (Å²) in [7, 11) is 0. The Morgan fingerprint density at radius 1 is 0.639 bits per heavy atom. The van der Waals surface area contributed by atoms with Crippen molar-refractivity contribution in [1.82, 2.24) is 9.80 Å². The fraction of sp³-hybridized carbons (Fsp3) is 0.188. The van der Waals surface area contributed by atoms with Crippen LogP contribution < -0.4 is 0 Å². The lowest BCUT2D eigenvalue weighted by Gasteiger charge is -2.49. The highest BCUT2D eigenvalue weighted by Crippen LogP contribution is 2.37. The van der Waals surface area contributed by atoms with Gasteiger partial charge < -0.3 is 9.80 Å². The second-order valence-corrected chi connectivity index (χ2v) is 9.24. The number of guanidine groups is 1. The van der Waals surface area contributed by atoms with Crippen LogP contribution in [-0.2, 0) is 19.5 Å². The zero-order chi connectivity index (χ0) is 24.6. The van der Waals surface area contributed by atoms with Crippen molar-refractivity contribution in [2.75, 3.05) is 0 Å². The van der Waals surface area contributed by atoms with Crippen molar-refractivity contribution >= 4 is 5.96 Å². The number of rotatable bonds is 7. The minimum atomic E-state index is 0.110. The Morgan fingerprint density at radius 3 is 1.64 bits per heavy atom. The number of nitriles is 1. The first-order valence-electron chi connectivity index (χ1n) is 12.5. The average Bonchev–Trinajstić information content (AvgIpc) is 2.94. The SMILES string of the molecule is N#CN=C1N(Cc2ccccc2)C(Cc2ccccc2)CC(c2ccccc2)N1Cc1ccccc1. The van der Waals surface area contributed by atoms with Gasteiger partial charge in [0.25, 0.3) is 0 Å². The first-order chi connectivity index (χ1) is 17.8. The van der Waals surface area contributed by atoms with Crippen molar-refractivity contribution in [3.63, 3.8) is 0 Å². The van der Waals surface area contributed by atoms with Gasteiger partial charge in [0.2, 0.25) is 12.2 Å². The summed E-state index contributed by atoms with van der Waals surface area (Å²) in [5, 5.41) is 9.83. The number of hydrogen-bond donors (Lipinski definition) is 0. The quantitative estimate of drug-likeness (QED) is 0.286. The van der Waals surface area contributed by atoms with Gasteiger partial charge in [0.15, 0.2) is 0 Å². The molecule has 4 nitrogen and oxygen atoms in total. The van der Waals surface area contributed by atoms with Gasteiger partial charge in [-0.25, -0.2) is 0 Å². The highest BCUT2D eigenvalue weighted by atomic mass is 15.4. The van der Waals surface area contributed by atoms with E-state index in [4.69, 9.17) is 0 Å². The van der Waals surface area contributed by atoms with Gasteiger partial charge in [-0.05, 0) is 35.1 Å². The summed E-state index contributed by atoms with van der Waals surface area (Å²) in [6.45, 7) is 1.38. The first kappa shape index (κ1) is 23.4. The number of nitrogens with zero attached hydrogens (tertiary/aromatic N) is 4. The van der Waals surface area contributed by atoms with Gasteiger partial charge >= 0.3 is 0 Å². The maximum atomic E-state index is 9.83. The van der Waals surface area contributed by atoms with Crippen LogP contribution >= 0.6 is 0 Å². The zero-order valence-corrected chi connectivity index (χ0v) is 20.3. The number of benzene rings is 4. The maximum Gasteiger partial charge on any atom is 0.213 e. The van der Waals surface area contributed by atoms with E-state index in [0.29, 0.717) is 13.1 Å².